The molecule has 0 radical (unpaired) electrons. The van der Waals surface area contributed by atoms with Gasteiger partial charge in [-0.2, -0.15) is 0 Å². The molecular weight excluding hydrogens is 196 g/mol. The van der Waals surface area contributed by atoms with E-state index in [1.165, 1.54) is 12.8 Å². The highest BCUT2D eigenvalue weighted by molar-refractivity contribution is 5.85. The van der Waals surface area contributed by atoms with Crippen LogP contribution in [0, 0.1) is 5.41 Å². The van der Waals surface area contributed by atoms with Crippen molar-refractivity contribution in [2.75, 3.05) is 0 Å². The molecule has 1 spiro atoms. The van der Waals surface area contributed by atoms with Crippen molar-refractivity contribution in [3.8, 4) is 0 Å². The minimum absolute atomic E-state index is 0.156. The molecule has 0 aromatic carbocycles. The SMILES string of the molecule is O=C(O)c1cc(=O)[nH]c(C2CC23CC3)n1. The summed E-state index contributed by atoms with van der Waals surface area (Å²) in [6, 6.07) is 1.02. The van der Waals surface area contributed by atoms with Gasteiger partial charge in [-0.3, -0.25) is 4.79 Å². The largest absolute Gasteiger partial charge is 0.477 e. The van der Waals surface area contributed by atoms with Crippen LogP contribution in [0.5, 0.6) is 0 Å². The monoisotopic (exact) mass is 206 g/mol. The zero-order valence-electron chi connectivity index (χ0n) is 7.99. The van der Waals surface area contributed by atoms with Gasteiger partial charge in [0.05, 0.1) is 0 Å². The Labute approximate surface area is 85.2 Å². The molecule has 78 valence electrons. The fraction of sp³-hybridized carbons (Fsp3) is 0.500. The zero-order valence-corrected chi connectivity index (χ0v) is 7.99. The maximum Gasteiger partial charge on any atom is 0.354 e. The standard InChI is InChI=1S/C10H10N2O3/c13-7-3-6(9(14)15)11-8(12-7)5-4-10(5)1-2-10/h3,5H,1-2,4H2,(H,14,15)(H,11,12,13). The van der Waals surface area contributed by atoms with E-state index >= 15 is 0 Å². The third-order valence-electron chi connectivity index (χ3n) is 3.39. The smallest absolute Gasteiger partial charge is 0.354 e. The van der Waals surface area contributed by atoms with E-state index in [0.29, 0.717) is 11.2 Å². The Morgan fingerprint density at radius 3 is 2.87 bits per heavy atom. The summed E-state index contributed by atoms with van der Waals surface area (Å²) in [4.78, 5) is 28.5. The minimum Gasteiger partial charge on any atom is -0.477 e. The van der Waals surface area contributed by atoms with Crippen LogP contribution in [-0.2, 0) is 0 Å². The van der Waals surface area contributed by atoms with Gasteiger partial charge in [0.25, 0.3) is 5.56 Å². The van der Waals surface area contributed by atoms with Gasteiger partial charge >= 0.3 is 5.97 Å². The predicted octanol–water partition coefficient (Wildman–Crippen LogP) is 0.736. The van der Waals surface area contributed by atoms with E-state index < -0.39 is 5.97 Å². The zero-order chi connectivity index (χ0) is 10.6. The van der Waals surface area contributed by atoms with Crippen molar-refractivity contribution in [1.29, 1.82) is 0 Å². The Kier molecular flexibility index (Phi) is 1.43. The minimum atomic E-state index is -1.15. The number of carboxylic acids is 1. The number of carbonyl (C=O) groups is 1. The van der Waals surface area contributed by atoms with Crippen molar-refractivity contribution in [2.45, 2.75) is 25.2 Å². The summed E-state index contributed by atoms with van der Waals surface area (Å²) >= 11 is 0. The lowest BCUT2D eigenvalue weighted by Gasteiger charge is -1.99. The third-order valence-corrected chi connectivity index (χ3v) is 3.39. The van der Waals surface area contributed by atoms with E-state index in [1.54, 1.807) is 0 Å². The Balaban J connectivity index is 2.01. The first kappa shape index (κ1) is 8.64. The molecule has 0 saturated heterocycles. The molecule has 0 bridgehead atoms. The maximum absolute atomic E-state index is 11.2. The molecule has 2 saturated carbocycles. The van der Waals surface area contributed by atoms with Crippen LogP contribution in [0.3, 0.4) is 0 Å². The van der Waals surface area contributed by atoms with E-state index in [-0.39, 0.29) is 17.2 Å². The molecule has 2 aliphatic rings. The van der Waals surface area contributed by atoms with Crippen LogP contribution in [0.4, 0.5) is 0 Å². The number of H-pyrrole nitrogens is 1. The van der Waals surface area contributed by atoms with Crippen molar-refractivity contribution in [2.24, 2.45) is 5.41 Å². The quantitative estimate of drug-likeness (QED) is 0.747. The van der Waals surface area contributed by atoms with Crippen LogP contribution in [-0.4, -0.2) is 21.0 Å². The van der Waals surface area contributed by atoms with Crippen molar-refractivity contribution < 1.29 is 9.90 Å². The molecule has 5 heteroatoms. The molecule has 1 heterocycles. The van der Waals surface area contributed by atoms with Crippen LogP contribution < -0.4 is 5.56 Å². The van der Waals surface area contributed by atoms with E-state index in [4.69, 9.17) is 5.11 Å². The predicted molar refractivity (Wildman–Crippen MR) is 50.8 cm³/mol. The molecule has 0 aliphatic heterocycles. The van der Waals surface area contributed by atoms with Gasteiger partial charge in [-0.15, -0.1) is 0 Å². The number of nitrogens with one attached hydrogen (secondary N) is 1. The second-order valence-electron chi connectivity index (χ2n) is 4.44. The molecule has 1 aromatic rings. The van der Waals surface area contributed by atoms with Gasteiger partial charge in [-0.25, -0.2) is 9.78 Å². The molecule has 5 nitrogen and oxygen atoms in total. The first-order chi connectivity index (χ1) is 7.11. The van der Waals surface area contributed by atoms with Crippen molar-refractivity contribution in [3.63, 3.8) is 0 Å². The number of nitrogens with zero attached hydrogens (tertiary/aromatic N) is 1. The second-order valence-corrected chi connectivity index (χ2v) is 4.44. The number of aromatic carboxylic acids is 1. The molecule has 2 N–H and O–H groups in total. The lowest BCUT2D eigenvalue weighted by atomic mass is 10.2. The van der Waals surface area contributed by atoms with Gasteiger partial charge in [0, 0.05) is 12.0 Å². The molecule has 1 unspecified atom stereocenters. The van der Waals surface area contributed by atoms with Gasteiger partial charge in [-0.1, -0.05) is 0 Å². The molecule has 2 fully saturated rings. The Morgan fingerprint density at radius 2 is 2.33 bits per heavy atom. The van der Waals surface area contributed by atoms with Gasteiger partial charge in [0.1, 0.15) is 5.82 Å². The van der Waals surface area contributed by atoms with Crippen molar-refractivity contribution in [1.82, 2.24) is 9.97 Å². The average Bonchev–Trinajstić information content (AvgIpc) is 3.07. The highest BCUT2D eigenvalue weighted by atomic mass is 16.4. The first-order valence-corrected chi connectivity index (χ1v) is 4.95. The fourth-order valence-electron chi connectivity index (χ4n) is 2.20. The van der Waals surface area contributed by atoms with Gasteiger partial charge in [-0.05, 0) is 24.7 Å². The van der Waals surface area contributed by atoms with Crippen molar-refractivity contribution in [3.05, 3.63) is 27.9 Å². The highest BCUT2D eigenvalue weighted by Crippen LogP contribution is 2.74. The van der Waals surface area contributed by atoms with Gasteiger partial charge in [0.2, 0.25) is 0 Å². The van der Waals surface area contributed by atoms with E-state index in [2.05, 4.69) is 9.97 Å². The van der Waals surface area contributed by atoms with Crippen LogP contribution in [0.25, 0.3) is 0 Å². The normalized spacial score (nSPS) is 25.2. The molecule has 3 rings (SSSR count). The summed E-state index contributed by atoms with van der Waals surface area (Å²) in [7, 11) is 0. The molecule has 1 aromatic heterocycles. The number of rotatable bonds is 2. The molecular formula is C10H10N2O3. The molecule has 1 atom stereocenters. The first-order valence-electron chi connectivity index (χ1n) is 4.95. The number of carboxylic acid groups (broad SMARTS) is 1. The van der Waals surface area contributed by atoms with Gasteiger partial charge < -0.3 is 10.1 Å². The Morgan fingerprint density at radius 1 is 1.60 bits per heavy atom. The van der Waals surface area contributed by atoms with Crippen molar-refractivity contribution >= 4 is 5.97 Å². The van der Waals surface area contributed by atoms with E-state index in [1.807, 2.05) is 0 Å². The van der Waals surface area contributed by atoms with Gasteiger partial charge in [0.15, 0.2) is 5.69 Å². The average molecular weight is 206 g/mol. The topological polar surface area (TPSA) is 83.0 Å². The number of hydrogen-bond donors (Lipinski definition) is 2. The van der Waals surface area contributed by atoms with E-state index in [0.717, 1.165) is 12.5 Å². The maximum atomic E-state index is 11.2. The molecule has 2 aliphatic carbocycles. The van der Waals surface area contributed by atoms with Crippen LogP contribution in [0.1, 0.15) is 41.5 Å². The summed E-state index contributed by atoms with van der Waals surface area (Å²) in [5.41, 5.74) is -0.163. The summed E-state index contributed by atoms with van der Waals surface area (Å²) in [5, 5.41) is 8.77. The van der Waals surface area contributed by atoms with E-state index in [9.17, 15) is 9.59 Å². The molecule has 0 amide bonds. The molecule has 15 heavy (non-hydrogen) atoms. The summed E-state index contributed by atoms with van der Waals surface area (Å²) < 4.78 is 0. The van der Waals surface area contributed by atoms with Crippen LogP contribution in [0.2, 0.25) is 0 Å². The number of hydrogen-bond acceptors (Lipinski definition) is 3. The Bertz CT molecular complexity index is 502. The third kappa shape index (κ3) is 1.26. The lowest BCUT2D eigenvalue weighted by molar-refractivity contribution is 0.0689. The fourth-order valence-corrected chi connectivity index (χ4v) is 2.20. The van der Waals surface area contributed by atoms with Crippen LogP contribution in [0.15, 0.2) is 10.9 Å². The highest BCUT2D eigenvalue weighted by Gasteiger charge is 2.64. The second kappa shape index (κ2) is 2.48. The summed E-state index contributed by atoms with van der Waals surface area (Å²) in [6.07, 6.45) is 3.40. The Hall–Kier alpha value is -1.65. The summed E-state index contributed by atoms with van der Waals surface area (Å²) in [5.74, 6) is -0.310. The number of aromatic amines is 1. The number of aromatic nitrogens is 2. The van der Waals surface area contributed by atoms with Crippen LogP contribution >= 0.6 is 0 Å². The summed E-state index contributed by atoms with van der Waals surface area (Å²) in [6.45, 7) is 0. The lowest BCUT2D eigenvalue weighted by Crippen LogP contribution is -2.15.